The predicted molar refractivity (Wildman–Crippen MR) is 74.2 cm³/mol. The van der Waals surface area contributed by atoms with Gasteiger partial charge in [-0.15, -0.1) is 0 Å². The highest BCUT2D eigenvalue weighted by Gasteiger charge is 2.27. The Hall–Kier alpha value is -0.820. The highest BCUT2D eigenvalue weighted by molar-refractivity contribution is 5.35. The first-order valence-corrected chi connectivity index (χ1v) is 6.81. The van der Waals surface area contributed by atoms with Gasteiger partial charge in [-0.25, -0.2) is 0 Å². The van der Waals surface area contributed by atoms with E-state index in [2.05, 4.69) is 45.0 Å². The molecule has 0 fully saturated rings. The molecule has 0 aliphatic heterocycles. The van der Waals surface area contributed by atoms with Crippen molar-refractivity contribution in [3.05, 3.63) is 35.4 Å². The number of benzene rings is 1. The van der Waals surface area contributed by atoms with Crippen LogP contribution in [0, 0.1) is 5.41 Å². The molecule has 0 radical (unpaired) electrons. The number of fused-ring (bicyclic) bond motifs is 1. The number of aryl methyl sites for hydroxylation is 1. The van der Waals surface area contributed by atoms with E-state index >= 15 is 0 Å². The lowest BCUT2D eigenvalue weighted by molar-refractivity contribution is 0.333. The Bertz CT molecular complexity index is 375. The van der Waals surface area contributed by atoms with E-state index in [1.807, 2.05) is 0 Å². The van der Waals surface area contributed by atoms with Gasteiger partial charge in [0.05, 0.1) is 0 Å². The van der Waals surface area contributed by atoms with E-state index in [9.17, 15) is 0 Å². The first kappa shape index (κ1) is 12.6. The third-order valence-corrected chi connectivity index (χ3v) is 3.92. The molecule has 94 valence electrons. The number of hydrogen-bond donors (Lipinski definition) is 1. The summed E-state index contributed by atoms with van der Waals surface area (Å²) < 4.78 is 0. The molecule has 0 bridgehead atoms. The Morgan fingerprint density at radius 2 is 2.00 bits per heavy atom. The minimum Gasteiger partial charge on any atom is -0.327 e. The summed E-state index contributed by atoms with van der Waals surface area (Å²) in [5.74, 6) is 0.591. The molecule has 1 aromatic rings. The van der Waals surface area contributed by atoms with Crippen LogP contribution in [0.15, 0.2) is 24.3 Å². The number of hydrogen-bond acceptors (Lipinski definition) is 1. The van der Waals surface area contributed by atoms with Crippen molar-refractivity contribution >= 4 is 0 Å². The van der Waals surface area contributed by atoms with Gasteiger partial charge in [0.25, 0.3) is 0 Å². The summed E-state index contributed by atoms with van der Waals surface area (Å²) in [4.78, 5) is 0. The van der Waals surface area contributed by atoms with Crippen molar-refractivity contribution in [1.82, 2.24) is 0 Å². The van der Waals surface area contributed by atoms with E-state index in [1.54, 1.807) is 0 Å². The molecule has 0 amide bonds. The van der Waals surface area contributed by atoms with Gasteiger partial charge in [0.15, 0.2) is 0 Å². The Kier molecular flexibility index (Phi) is 3.58. The average molecular weight is 231 g/mol. The topological polar surface area (TPSA) is 26.0 Å². The molecule has 0 heterocycles. The lowest BCUT2D eigenvalue weighted by atomic mass is 9.84. The zero-order valence-corrected chi connectivity index (χ0v) is 11.4. The van der Waals surface area contributed by atoms with Crippen LogP contribution in [0.1, 0.15) is 57.1 Å². The molecule has 0 saturated heterocycles. The monoisotopic (exact) mass is 231 g/mol. The third kappa shape index (κ3) is 3.10. The summed E-state index contributed by atoms with van der Waals surface area (Å²) in [5, 5.41) is 0. The fourth-order valence-corrected chi connectivity index (χ4v) is 2.84. The molecule has 1 heteroatoms. The van der Waals surface area contributed by atoms with Gasteiger partial charge in [-0.2, -0.15) is 0 Å². The molecule has 0 saturated carbocycles. The molecule has 2 rings (SSSR count). The Labute approximate surface area is 105 Å². The zero-order chi connectivity index (χ0) is 12.5. The summed E-state index contributed by atoms with van der Waals surface area (Å²) >= 11 is 0. The molecule has 0 aromatic heterocycles. The lowest BCUT2D eigenvalue weighted by Gasteiger charge is -2.25. The van der Waals surface area contributed by atoms with Crippen molar-refractivity contribution in [2.75, 3.05) is 0 Å². The van der Waals surface area contributed by atoms with Crippen LogP contribution in [0.3, 0.4) is 0 Å². The van der Waals surface area contributed by atoms with Gasteiger partial charge >= 0.3 is 0 Å². The minimum absolute atomic E-state index is 0.331. The molecule has 17 heavy (non-hydrogen) atoms. The summed E-state index contributed by atoms with van der Waals surface area (Å²) in [6.45, 7) is 6.88. The Morgan fingerprint density at radius 1 is 1.29 bits per heavy atom. The molecule has 1 aromatic carbocycles. The van der Waals surface area contributed by atoms with Crippen LogP contribution in [0.4, 0.5) is 0 Å². The standard InChI is InChI=1S/C16H25N/c1-16(2,3)11-10-15(17)14-9-8-12-6-4-5-7-13(12)14/h4-7,14-15H,8-11,17H2,1-3H3. The van der Waals surface area contributed by atoms with Gasteiger partial charge in [-0.05, 0) is 48.1 Å². The normalized spacial score (nSPS) is 21.3. The maximum Gasteiger partial charge on any atom is 0.0108 e. The fraction of sp³-hybridized carbons (Fsp3) is 0.625. The molecule has 2 atom stereocenters. The van der Waals surface area contributed by atoms with Crippen molar-refractivity contribution < 1.29 is 0 Å². The second kappa shape index (κ2) is 4.81. The molecule has 0 spiro atoms. The smallest absolute Gasteiger partial charge is 0.0108 e. The fourth-order valence-electron chi connectivity index (χ4n) is 2.84. The SMILES string of the molecule is CC(C)(C)CCC(N)C1CCc2ccccc21. The lowest BCUT2D eigenvalue weighted by Crippen LogP contribution is -2.28. The molecule has 2 unspecified atom stereocenters. The largest absolute Gasteiger partial charge is 0.327 e. The highest BCUT2D eigenvalue weighted by atomic mass is 14.7. The maximum absolute atomic E-state index is 6.40. The second-order valence-corrected chi connectivity index (χ2v) is 6.61. The van der Waals surface area contributed by atoms with Crippen LogP contribution in [0.5, 0.6) is 0 Å². The van der Waals surface area contributed by atoms with Gasteiger partial charge in [-0.3, -0.25) is 0 Å². The van der Waals surface area contributed by atoms with Crippen molar-refractivity contribution in [3.8, 4) is 0 Å². The Balaban J connectivity index is 2.00. The highest BCUT2D eigenvalue weighted by Crippen LogP contribution is 2.36. The van der Waals surface area contributed by atoms with Gasteiger partial charge in [0.2, 0.25) is 0 Å². The molecular formula is C16H25N. The van der Waals surface area contributed by atoms with Crippen molar-refractivity contribution in [3.63, 3.8) is 0 Å². The van der Waals surface area contributed by atoms with Crippen molar-refractivity contribution in [2.24, 2.45) is 11.1 Å². The van der Waals surface area contributed by atoms with Crippen LogP contribution < -0.4 is 5.73 Å². The summed E-state index contributed by atoms with van der Waals surface area (Å²) in [5.41, 5.74) is 9.83. The van der Waals surface area contributed by atoms with Gasteiger partial charge in [0.1, 0.15) is 0 Å². The second-order valence-electron chi connectivity index (χ2n) is 6.61. The van der Waals surface area contributed by atoms with Crippen LogP contribution in [0.2, 0.25) is 0 Å². The molecule has 1 nitrogen and oxygen atoms in total. The van der Waals surface area contributed by atoms with E-state index < -0.39 is 0 Å². The van der Waals surface area contributed by atoms with Crippen molar-refractivity contribution in [2.45, 2.75) is 58.4 Å². The van der Waals surface area contributed by atoms with E-state index in [0.717, 1.165) is 6.42 Å². The van der Waals surface area contributed by atoms with Gasteiger partial charge in [-0.1, -0.05) is 45.0 Å². The summed E-state index contributed by atoms with van der Waals surface area (Å²) in [6.07, 6.45) is 4.81. The van der Waals surface area contributed by atoms with Gasteiger partial charge < -0.3 is 5.73 Å². The Morgan fingerprint density at radius 3 is 2.71 bits per heavy atom. The van der Waals surface area contributed by atoms with E-state index in [1.165, 1.54) is 30.4 Å². The molecule has 1 aliphatic rings. The number of nitrogens with two attached hydrogens (primary N) is 1. The van der Waals surface area contributed by atoms with Crippen molar-refractivity contribution in [1.29, 1.82) is 0 Å². The van der Waals surface area contributed by atoms with E-state index in [-0.39, 0.29) is 0 Å². The molecule has 2 N–H and O–H groups in total. The predicted octanol–water partition coefficient (Wildman–Crippen LogP) is 3.87. The van der Waals surface area contributed by atoms with Crippen LogP contribution >= 0.6 is 0 Å². The summed E-state index contributed by atoms with van der Waals surface area (Å²) in [7, 11) is 0. The van der Waals surface area contributed by atoms with E-state index in [0.29, 0.717) is 17.4 Å². The quantitative estimate of drug-likeness (QED) is 0.839. The van der Waals surface area contributed by atoms with E-state index in [4.69, 9.17) is 5.73 Å². The third-order valence-electron chi connectivity index (χ3n) is 3.92. The van der Waals surface area contributed by atoms with Crippen LogP contribution in [-0.2, 0) is 6.42 Å². The molecule has 1 aliphatic carbocycles. The first-order valence-electron chi connectivity index (χ1n) is 6.81. The minimum atomic E-state index is 0.331. The first-order chi connectivity index (χ1) is 7.97. The zero-order valence-electron chi connectivity index (χ0n) is 11.4. The maximum atomic E-state index is 6.40. The average Bonchev–Trinajstić information content (AvgIpc) is 2.68. The number of rotatable bonds is 3. The van der Waals surface area contributed by atoms with Crippen LogP contribution in [0.25, 0.3) is 0 Å². The van der Waals surface area contributed by atoms with Gasteiger partial charge in [0, 0.05) is 6.04 Å². The van der Waals surface area contributed by atoms with Crippen LogP contribution in [-0.4, -0.2) is 6.04 Å². The molecular weight excluding hydrogens is 206 g/mol. The summed E-state index contributed by atoms with van der Waals surface area (Å²) in [6, 6.07) is 9.14.